The largest absolute Gasteiger partial charge is 0.863 e. The molecular weight excluding hydrogens is 420 g/mol. The fourth-order valence-electron chi connectivity index (χ4n) is 5.10. The SMILES string of the molecule is CC(C)[C@H]1C[C@H]2[C@H](C)CC[C@@H](C(C)C)[NH+]2C1.O=[N+]([O-])c1cc([N+](=O)[O-])c([O-])c([N+](=O)[O-])c1. The lowest BCUT2D eigenvalue weighted by Gasteiger charge is -2.40. The summed E-state index contributed by atoms with van der Waals surface area (Å²) in [6, 6.07) is 2.70. The number of benzene rings is 1. The van der Waals surface area contributed by atoms with Crippen LogP contribution in [-0.4, -0.2) is 33.4 Å². The van der Waals surface area contributed by atoms with E-state index in [4.69, 9.17) is 0 Å². The normalized spacial score (nSPS) is 26.9. The molecule has 1 unspecified atom stereocenters. The van der Waals surface area contributed by atoms with Gasteiger partial charge < -0.3 is 10.0 Å². The smallest absolute Gasteiger partial charge is 0.283 e. The number of hydrogen-bond acceptors (Lipinski definition) is 7. The van der Waals surface area contributed by atoms with E-state index >= 15 is 0 Å². The van der Waals surface area contributed by atoms with E-state index in [2.05, 4.69) is 34.6 Å². The molecule has 3 rings (SSSR count). The Hall–Kier alpha value is -2.82. The molecule has 11 nitrogen and oxygen atoms in total. The lowest BCUT2D eigenvalue weighted by atomic mass is 9.82. The van der Waals surface area contributed by atoms with Gasteiger partial charge in [-0.1, -0.05) is 34.6 Å². The second kappa shape index (κ2) is 10.2. The van der Waals surface area contributed by atoms with Crippen LogP contribution in [0.5, 0.6) is 5.75 Å². The Morgan fingerprint density at radius 2 is 1.44 bits per heavy atom. The molecule has 32 heavy (non-hydrogen) atoms. The molecule has 5 atom stereocenters. The van der Waals surface area contributed by atoms with Gasteiger partial charge in [0.2, 0.25) is 0 Å². The average Bonchev–Trinajstić information content (AvgIpc) is 3.14. The Morgan fingerprint density at radius 3 is 1.84 bits per heavy atom. The molecule has 0 bridgehead atoms. The van der Waals surface area contributed by atoms with E-state index in [0.717, 1.165) is 35.8 Å². The quantitative estimate of drug-likeness (QED) is 0.531. The van der Waals surface area contributed by atoms with Crippen LogP contribution in [0.1, 0.15) is 53.9 Å². The molecule has 2 heterocycles. The Labute approximate surface area is 186 Å². The van der Waals surface area contributed by atoms with E-state index in [1.807, 2.05) is 4.90 Å². The number of rotatable bonds is 5. The van der Waals surface area contributed by atoms with Crippen LogP contribution in [-0.2, 0) is 0 Å². The maximum absolute atomic E-state index is 11.1. The number of non-ortho nitro benzene ring substituents is 1. The Bertz CT molecular complexity index is 839. The highest BCUT2D eigenvalue weighted by Gasteiger charge is 2.47. The summed E-state index contributed by atoms with van der Waals surface area (Å²) < 4.78 is 0. The third-order valence-electron chi connectivity index (χ3n) is 7.01. The summed E-state index contributed by atoms with van der Waals surface area (Å²) >= 11 is 0. The molecule has 0 saturated carbocycles. The summed E-state index contributed by atoms with van der Waals surface area (Å²) in [5.41, 5.74) is -3.26. The average molecular weight is 453 g/mol. The third kappa shape index (κ3) is 5.50. The van der Waals surface area contributed by atoms with Gasteiger partial charge in [0.15, 0.2) is 0 Å². The Balaban J connectivity index is 0.000000227. The minimum Gasteiger partial charge on any atom is -0.863 e. The minimum absolute atomic E-state index is 0.384. The molecule has 1 N–H and O–H groups in total. The first-order valence-corrected chi connectivity index (χ1v) is 11.0. The van der Waals surface area contributed by atoms with Crippen molar-refractivity contribution in [2.24, 2.45) is 23.7 Å². The van der Waals surface area contributed by atoms with Gasteiger partial charge in [-0.25, -0.2) is 0 Å². The van der Waals surface area contributed by atoms with E-state index in [9.17, 15) is 35.4 Å². The Kier molecular flexibility index (Phi) is 8.11. The van der Waals surface area contributed by atoms with Crippen LogP contribution in [0, 0.1) is 54.0 Å². The van der Waals surface area contributed by atoms with Crippen molar-refractivity contribution in [1.82, 2.24) is 0 Å². The molecule has 0 radical (unpaired) electrons. The number of quaternary nitrogens is 1. The van der Waals surface area contributed by atoms with Crippen molar-refractivity contribution in [2.75, 3.05) is 6.54 Å². The van der Waals surface area contributed by atoms with Crippen LogP contribution in [0.25, 0.3) is 0 Å². The van der Waals surface area contributed by atoms with Gasteiger partial charge in [0.1, 0.15) is 0 Å². The van der Waals surface area contributed by atoms with Gasteiger partial charge in [0.05, 0.1) is 51.3 Å². The van der Waals surface area contributed by atoms with E-state index in [-0.39, 0.29) is 0 Å². The first kappa shape index (κ1) is 25.4. The number of fused-ring (bicyclic) bond motifs is 1. The maximum Gasteiger partial charge on any atom is 0.283 e. The molecule has 0 aliphatic carbocycles. The summed E-state index contributed by atoms with van der Waals surface area (Å²) in [6.07, 6.45) is 4.44. The molecule has 1 aromatic carbocycles. The zero-order valence-electron chi connectivity index (χ0n) is 19.1. The second-order valence-electron chi connectivity index (χ2n) is 9.61. The lowest BCUT2D eigenvalue weighted by molar-refractivity contribution is -0.951. The summed E-state index contributed by atoms with van der Waals surface area (Å²) in [7, 11) is 0. The van der Waals surface area contributed by atoms with Crippen LogP contribution in [0.15, 0.2) is 12.1 Å². The molecule has 2 fully saturated rings. The van der Waals surface area contributed by atoms with Gasteiger partial charge in [-0.3, -0.25) is 30.3 Å². The van der Waals surface area contributed by atoms with Gasteiger partial charge in [0.25, 0.3) is 17.1 Å². The topological polar surface area (TPSA) is 157 Å². The molecule has 0 spiro atoms. The summed E-state index contributed by atoms with van der Waals surface area (Å²) in [6.45, 7) is 13.6. The minimum atomic E-state index is -1.46. The zero-order valence-corrected chi connectivity index (χ0v) is 19.1. The van der Waals surface area contributed by atoms with Gasteiger partial charge >= 0.3 is 0 Å². The maximum atomic E-state index is 11.1. The van der Waals surface area contributed by atoms with Crippen LogP contribution >= 0.6 is 0 Å². The van der Waals surface area contributed by atoms with Crippen LogP contribution in [0.3, 0.4) is 0 Å². The van der Waals surface area contributed by atoms with E-state index in [0.29, 0.717) is 12.1 Å². The van der Waals surface area contributed by atoms with Crippen LogP contribution in [0.4, 0.5) is 17.1 Å². The molecular formula is C21H32N4O7. The number of nitrogens with zero attached hydrogens (tertiary/aromatic N) is 3. The van der Waals surface area contributed by atoms with E-state index in [1.54, 1.807) is 0 Å². The molecule has 2 saturated heterocycles. The molecule has 0 aromatic heterocycles. The van der Waals surface area contributed by atoms with E-state index in [1.165, 1.54) is 25.8 Å². The van der Waals surface area contributed by atoms with Crippen molar-refractivity contribution in [3.8, 4) is 5.75 Å². The number of piperidine rings is 1. The van der Waals surface area contributed by atoms with Crippen molar-refractivity contribution >= 4 is 17.1 Å². The summed E-state index contributed by atoms with van der Waals surface area (Å²) in [5, 5.41) is 42.1. The molecule has 11 heteroatoms. The monoisotopic (exact) mass is 452 g/mol. The molecule has 0 amide bonds. The van der Waals surface area contributed by atoms with Crippen LogP contribution < -0.4 is 10.0 Å². The third-order valence-corrected chi connectivity index (χ3v) is 7.01. The zero-order chi connectivity index (χ0) is 24.3. The number of nitrogens with one attached hydrogen (secondary N) is 1. The van der Waals surface area contributed by atoms with Crippen molar-refractivity contribution in [3.05, 3.63) is 42.5 Å². The molecule has 178 valence electrons. The molecule has 2 aliphatic heterocycles. The van der Waals surface area contributed by atoms with Gasteiger partial charge in [-0.15, -0.1) is 0 Å². The van der Waals surface area contributed by atoms with Gasteiger partial charge in [0, 0.05) is 30.6 Å². The molecule has 2 aliphatic rings. The number of nitro benzene ring substituents is 3. The molecule has 1 aromatic rings. The van der Waals surface area contributed by atoms with Gasteiger partial charge in [-0.2, -0.15) is 0 Å². The standard InChI is InChI=1S/C15H29N.C6H3N3O7/c1-10(2)13-8-15-12(5)6-7-14(11(3)4)16(15)9-13;10-6-4(8(13)14)1-3(7(11)12)2-5(6)9(15)16/h10-15H,6-9H2,1-5H3;1-2,10H/t12-,13+,14+,15+;/m1./s1. The fourth-order valence-corrected chi connectivity index (χ4v) is 5.10. The van der Waals surface area contributed by atoms with E-state index < -0.39 is 37.6 Å². The predicted molar refractivity (Wildman–Crippen MR) is 115 cm³/mol. The first-order chi connectivity index (χ1) is 14.8. The van der Waals surface area contributed by atoms with Crippen molar-refractivity contribution in [3.63, 3.8) is 0 Å². The highest BCUT2D eigenvalue weighted by Crippen LogP contribution is 2.37. The van der Waals surface area contributed by atoms with Crippen molar-refractivity contribution in [1.29, 1.82) is 0 Å². The second-order valence-corrected chi connectivity index (χ2v) is 9.61. The summed E-state index contributed by atoms with van der Waals surface area (Å²) in [4.78, 5) is 29.5. The van der Waals surface area contributed by atoms with Gasteiger partial charge in [-0.05, 0) is 12.3 Å². The van der Waals surface area contributed by atoms with Crippen LogP contribution in [0.2, 0.25) is 0 Å². The highest BCUT2D eigenvalue weighted by molar-refractivity contribution is 5.63. The highest BCUT2D eigenvalue weighted by atomic mass is 16.6. The predicted octanol–water partition coefficient (Wildman–Crippen LogP) is 2.86. The Morgan fingerprint density at radius 1 is 0.906 bits per heavy atom. The number of nitro groups is 3. The number of hydrogen-bond donors (Lipinski definition) is 1. The lowest BCUT2D eigenvalue weighted by Crippen LogP contribution is -3.19. The summed E-state index contributed by atoms with van der Waals surface area (Å²) in [5.74, 6) is 2.25. The fraction of sp³-hybridized carbons (Fsp3) is 0.714. The van der Waals surface area contributed by atoms with Crippen molar-refractivity contribution in [2.45, 2.75) is 66.0 Å². The first-order valence-electron chi connectivity index (χ1n) is 11.0. The van der Waals surface area contributed by atoms with Crippen molar-refractivity contribution < 1.29 is 24.8 Å².